The van der Waals surface area contributed by atoms with Gasteiger partial charge in [-0.15, -0.1) is 0 Å². The Labute approximate surface area is 386 Å². The molecule has 10 atom stereocenters. The molecule has 0 amide bonds. The zero-order valence-electron chi connectivity index (χ0n) is 39.9. The molecule has 12 heteroatoms. The van der Waals surface area contributed by atoms with Crippen molar-refractivity contribution in [1.82, 2.24) is 0 Å². The molecule has 0 unspecified atom stereocenters. The molecule has 0 saturated heterocycles. The van der Waals surface area contributed by atoms with Crippen LogP contribution in [0.5, 0.6) is 0 Å². The average molecular weight is 915 g/mol. The van der Waals surface area contributed by atoms with Gasteiger partial charge >= 0.3 is 11.9 Å². The van der Waals surface area contributed by atoms with E-state index in [0.717, 1.165) is 39.2 Å². The molecular weight excluding hydrogens is 829 g/mol. The van der Waals surface area contributed by atoms with E-state index in [1.807, 2.05) is 60.7 Å². The number of carboxylic acids is 1. The van der Waals surface area contributed by atoms with Gasteiger partial charge in [-0.25, -0.2) is 0 Å². The number of hydrogen-bond donors (Lipinski definition) is 8. The molecular formula is C52H86O11Si. The number of aliphatic hydroxyl groups excluding tert-OH is 7. The SMILES string of the molecule is CO.COC(=O)CCC/C=C\C[C@@H]1[C@@H](CC[C@@H](O)CCc2ccccc2)[C@H](O)C[C@@H]1O.C[Si](C)(C)C.O=C(O)CCC/C=C\C[C@@H]1[C@@H](CC[C@@H](O)CCc2ccccc2)[C@H](O)C[C@@H]1O. The Morgan fingerprint density at radius 3 is 1.33 bits per heavy atom. The molecule has 4 rings (SSSR count). The normalized spacial score (nSPS) is 23.9. The van der Waals surface area contributed by atoms with Gasteiger partial charge in [-0.2, -0.15) is 0 Å². The molecule has 2 aromatic carbocycles. The summed E-state index contributed by atoms with van der Waals surface area (Å²) in [6.45, 7) is 9.31. The lowest BCUT2D eigenvalue weighted by molar-refractivity contribution is -0.140. The van der Waals surface area contributed by atoms with Crippen LogP contribution in [0.25, 0.3) is 0 Å². The van der Waals surface area contributed by atoms with Gasteiger partial charge in [0.15, 0.2) is 0 Å². The number of aryl methyl sites for hydroxylation is 2. The lowest BCUT2D eigenvalue weighted by atomic mass is 9.85. The van der Waals surface area contributed by atoms with Crippen LogP contribution in [0.2, 0.25) is 26.2 Å². The van der Waals surface area contributed by atoms with Crippen molar-refractivity contribution in [3.63, 3.8) is 0 Å². The first kappa shape index (κ1) is 58.8. The molecule has 0 aromatic heterocycles. The predicted molar refractivity (Wildman–Crippen MR) is 259 cm³/mol. The molecule has 2 saturated carbocycles. The predicted octanol–water partition coefficient (Wildman–Crippen LogP) is 8.29. The number of rotatable bonds is 24. The van der Waals surface area contributed by atoms with Crippen LogP contribution in [-0.2, 0) is 27.2 Å². The van der Waals surface area contributed by atoms with Crippen LogP contribution in [-0.4, -0.2) is 112 Å². The monoisotopic (exact) mass is 915 g/mol. The third-order valence-electron chi connectivity index (χ3n) is 11.8. The number of benzene rings is 2. The molecule has 0 spiro atoms. The number of carboxylic acid groups (broad SMARTS) is 1. The number of hydrogen-bond acceptors (Lipinski definition) is 10. The molecule has 8 N–H and O–H groups in total. The Hall–Kier alpha value is -3.20. The van der Waals surface area contributed by atoms with E-state index in [4.69, 9.17) is 10.2 Å². The van der Waals surface area contributed by atoms with E-state index in [0.29, 0.717) is 77.0 Å². The molecule has 2 aliphatic carbocycles. The maximum atomic E-state index is 11.1. The van der Waals surface area contributed by atoms with Crippen molar-refractivity contribution >= 4 is 20.0 Å². The van der Waals surface area contributed by atoms with E-state index < -0.39 is 50.7 Å². The molecule has 364 valence electrons. The fourth-order valence-electron chi connectivity index (χ4n) is 8.41. The highest BCUT2D eigenvalue weighted by Crippen LogP contribution is 2.40. The topological polar surface area (TPSA) is 205 Å². The number of carbonyl (C=O) groups excluding carboxylic acids is 1. The van der Waals surface area contributed by atoms with Crippen LogP contribution >= 0.6 is 0 Å². The van der Waals surface area contributed by atoms with Crippen molar-refractivity contribution in [2.45, 2.75) is 178 Å². The Kier molecular flexibility index (Phi) is 31.4. The van der Waals surface area contributed by atoms with Gasteiger partial charge in [-0.3, -0.25) is 9.59 Å². The molecule has 64 heavy (non-hydrogen) atoms. The van der Waals surface area contributed by atoms with Crippen molar-refractivity contribution in [2.24, 2.45) is 23.7 Å². The standard InChI is InChI=1S/C24H36O5.C23H34O5.C4H12Si.CH4O/c1-29-24(28)12-8-3-2-7-11-20-21(23(27)17-22(20)26)16-15-19(25)14-13-18-9-5-4-6-10-18;24-18(13-12-17-8-4-3-5-9-17)14-15-20-19(21(25)16-22(20)26)10-6-1-2-7-11-23(27)28;1-5(2,3)4;1-2/h2,4-7,9-10,19-23,25-27H,3,8,11-17H2,1H3;1,3-6,8-9,18-22,24-26H,2,7,10-16H2,(H,27,28);1-4H3;2H,1H3/b7-2-;6-1-;;/t19-,20+,21+,22-,23+;18-,19+,20+,21-,22+;;/m00../s1. The highest BCUT2D eigenvalue weighted by atomic mass is 28.3. The van der Waals surface area contributed by atoms with Crippen LogP contribution in [0.1, 0.15) is 114 Å². The summed E-state index contributed by atoms with van der Waals surface area (Å²) >= 11 is 0. The van der Waals surface area contributed by atoms with Crippen molar-refractivity contribution in [2.75, 3.05) is 14.2 Å². The number of aliphatic hydroxyl groups is 7. The maximum absolute atomic E-state index is 11.1. The summed E-state index contributed by atoms with van der Waals surface area (Å²) in [4.78, 5) is 21.6. The number of allylic oxidation sites excluding steroid dienone is 4. The largest absolute Gasteiger partial charge is 0.481 e. The lowest BCUT2D eigenvalue weighted by Crippen LogP contribution is -2.23. The minimum absolute atomic E-state index is 0.00736. The number of aliphatic carboxylic acids is 1. The number of esters is 1. The Morgan fingerprint density at radius 1 is 0.609 bits per heavy atom. The maximum Gasteiger partial charge on any atom is 0.305 e. The summed E-state index contributed by atoms with van der Waals surface area (Å²) in [6, 6.07) is 20.2. The molecule has 0 bridgehead atoms. The molecule has 11 nitrogen and oxygen atoms in total. The second kappa shape index (κ2) is 34.2. The fourth-order valence-corrected chi connectivity index (χ4v) is 8.41. The third kappa shape index (κ3) is 27.3. The molecule has 2 aliphatic rings. The molecule has 0 heterocycles. The zero-order valence-corrected chi connectivity index (χ0v) is 40.9. The number of carbonyl (C=O) groups is 2. The summed E-state index contributed by atoms with van der Waals surface area (Å²) in [5, 5.41) is 77.6. The van der Waals surface area contributed by atoms with Crippen molar-refractivity contribution in [3.8, 4) is 0 Å². The summed E-state index contributed by atoms with van der Waals surface area (Å²) in [5.74, 6) is -0.969. The van der Waals surface area contributed by atoms with Crippen molar-refractivity contribution in [1.29, 1.82) is 0 Å². The second-order valence-electron chi connectivity index (χ2n) is 19.1. The smallest absolute Gasteiger partial charge is 0.305 e. The number of unbranched alkanes of at least 4 members (excludes halogenated alkanes) is 2. The minimum atomic E-state index is -0.784. The first-order valence-corrected chi connectivity index (χ1v) is 27.7. The second-order valence-corrected chi connectivity index (χ2v) is 25.1. The van der Waals surface area contributed by atoms with Gasteiger partial charge in [0.05, 0.1) is 43.7 Å². The van der Waals surface area contributed by atoms with Gasteiger partial charge in [0.1, 0.15) is 0 Å². The zero-order chi connectivity index (χ0) is 47.9. The van der Waals surface area contributed by atoms with E-state index in [1.165, 1.54) is 18.2 Å². The van der Waals surface area contributed by atoms with Gasteiger partial charge in [0, 0.05) is 28.0 Å². The fraction of sp³-hybridized carbons (Fsp3) is 0.654. The van der Waals surface area contributed by atoms with E-state index in [2.05, 4.69) is 55.2 Å². The molecule has 0 aliphatic heterocycles. The summed E-state index contributed by atoms with van der Waals surface area (Å²) in [6.07, 6.45) is 16.6. The quantitative estimate of drug-likeness (QED) is 0.0218. The van der Waals surface area contributed by atoms with Gasteiger partial charge in [-0.05, 0) is 138 Å². The first-order valence-electron chi connectivity index (χ1n) is 23.7. The Morgan fingerprint density at radius 2 is 0.969 bits per heavy atom. The van der Waals surface area contributed by atoms with Gasteiger partial charge < -0.3 is 45.6 Å². The highest BCUT2D eigenvalue weighted by Gasteiger charge is 2.41. The van der Waals surface area contributed by atoms with E-state index >= 15 is 0 Å². The van der Waals surface area contributed by atoms with Crippen LogP contribution in [0.15, 0.2) is 85.0 Å². The highest BCUT2D eigenvalue weighted by molar-refractivity contribution is 6.74. The average Bonchev–Trinajstić information content (AvgIpc) is 3.70. The minimum Gasteiger partial charge on any atom is -0.481 e. The van der Waals surface area contributed by atoms with Gasteiger partial charge in [-0.1, -0.05) is 111 Å². The van der Waals surface area contributed by atoms with Crippen LogP contribution in [0, 0.1) is 23.7 Å². The summed E-state index contributed by atoms with van der Waals surface area (Å²) in [7, 11) is 1.78. The van der Waals surface area contributed by atoms with E-state index in [-0.39, 0.29) is 36.1 Å². The summed E-state index contributed by atoms with van der Waals surface area (Å²) < 4.78 is 4.62. The third-order valence-corrected chi connectivity index (χ3v) is 11.8. The van der Waals surface area contributed by atoms with Gasteiger partial charge in [0.2, 0.25) is 0 Å². The summed E-state index contributed by atoms with van der Waals surface area (Å²) in [5.41, 5.74) is 2.43. The number of methoxy groups -OCH3 is 1. The van der Waals surface area contributed by atoms with Crippen molar-refractivity contribution in [3.05, 3.63) is 96.1 Å². The Balaban J connectivity index is 0.000000559. The van der Waals surface area contributed by atoms with E-state index in [9.17, 15) is 40.2 Å². The van der Waals surface area contributed by atoms with Crippen molar-refractivity contribution < 1.29 is 55.2 Å². The first-order chi connectivity index (χ1) is 30.5. The van der Waals surface area contributed by atoms with Crippen LogP contribution in [0.3, 0.4) is 0 Å². The number of ether oxygens (including phenoxy) is 1. The molecule has 2 aromatic rings. The van der Waals surface area contributed by atoms with Gasteiger partial charge in [0.25, 0.3) is 0 Å². The van der Waals surface area contributed by atoms with Crippen LogP contribution < -0.4 is 0 Å². The van der Waals surface area contributed by atoms with E-state index in [1.54, 1.807) is 0 Å². The molecule has 2 fully saturated rings. The molecule has 0 radical (unpaired) electrons. The lowest BCUT2D eigenvalue weighted by Gasteiger charge is -2.23. The van der Waals surface area contributed by atoms with Crippen LogP contribution in [0.4, 0.5) is 0 Å². The Bertz CT molecular complexity index is 1530.